The van der Waals surface area contributed by atoms with E-state index < -0.39 is 0 Å². The molecule has 3 rings (SSSR count). The molecule has 0 aliphatic heterocycles. The Labute approximate surface area is 135 Å². The van der Waals surface area contributed by atoms with Gasteiger partial charge in [0.1, 0.15) is 0 Å². The average molecular weight is 315 g/mol. The normalized spacial score (nSPS) is 14.2. The topological polar surface area (TPSA) is 76.2 Å². The Balaban J connectivity index is 1.80. The lowest BCUT2D eigenvalue weighted by Gasteiger charge is -2.25. The number of amides is 1. The van der Waals surface area contributed by atoms with Crippen molar-refractivity contribution < 1.29 is 14.3 Å². The van der Waals surface area contributed by atoms with Crippen LogP contribution in [-0.2, 0) is 0 Å². The predicted molar refractivity (Wildman–Crippen MR) is 86.8 cm³/mol. The molecule has 0 unspecified atom stereocenters. The Kier molecular flexibility index (Phi) is 4.50. The molecular weight excluding hydrogens is 294 g/mol. The molecule has 6 heteroatoms. The average Bonchev–Trinajstić information content (AvgIpc) is 3.02. The second kappa shape index (κ2) is 6.73. The Hall–Kier alpha value is -2.50. The molecule has 0 spiro atoms. The number of rotatable bonds is 6. The van der Waals surface area contributed by atoms with Gasteiger partial charge in [0.15, 0.2) is 11.5 Å². The maximum absolute atomic E-state index is 12.4. The number of methoxy groups -OCH3 is 2. The van der Waals surface area contributed by atoms with Crippen LogP contribution < -0.4 is 14.8 Å². The maximum Gasteiger partial charge on any atom is 0.255 e. The highest BCUT2D eigenvalue weighted by Crippen LogP contribution is 2.32. The van der Waals surface area contributed by atoms with E-state index in [0.717, 1.165) is 12.1 Å². The van der Waals surface area contributed by atoms with E-state index in [1.165, 1.54) is 19.3 Å². The number of H-pyrrole nitrogens is 1. The van der Waals surface area contributed by atoms with E-state index in [4.69, 9.17) is 9.47 Å². The van der Waals surface area contributed by atoms with Crippen molar-refractivity contribution in [3.05, 3.63) is 30.0 Å². The van der Waals surface area contributed by atoms with Gasteiger partial charge in [-0.3, -0.25) is 9.89 Å². The number of carbonyl (C=O) groups is 1. The van der Waals surface area contributed by atoms with E-state index in [9.17, 15) is 4.79 Å². The number of aromatic nitrogens is 2. The predicted octanol–water partition coefficient (Wildman–Crippen LogP) is 2.62. The van der Waals surface area contributed by atoms with Crippen molar-refractivity contribution in [2.75, 3.05) is 20.8 Å². The quantitative estimate of drug-likeness (QED) is 0.859. The van der Waals surface area contributed by atoms with Crippen LogP contribution in [-0.4, -0.2) is 36.9 Å². The summed E-state index contributed by atoms with van der Waals surface area (Å²) in [5, 5.41) is 9.91. The second-order valence-corrected chi connectivity index (χ2v) is 5.74. The van der Waals surface area contributed by atoms with Crippen LogP contribution in [0.1, 0.15) is 29.6 Å². The summed E-state index contributed by atoms with van der Waals surface area (Å²) in [6, 6.07) is 5.51. The number of benzene rings is 1. The number of carbonyl (C=O) groups excluding carboxylic acids is 1. The lowest BCUT2D eigenvalue weighted by atomic mass is 9.85. The lowest BCUT2D eigenvalue weighted by molar-refractivity contribution is 0.0940. The van der Waals surface area contributed by atoms with Gasteiger partial charge in [-0.05, 0) is 37.0 Å². The lowest BCUT2D eigenvalue weighted by Crippen LogP contribution is -2.32. The Bertz CT molecular complexity index is 692. The molecule has 1 aromatic carbocycles. The van der Waals surface area contributed by atoms with Gasteiger partial charge >= 0.3 is 0 Å². The third-order valence-corrected chi connectivity index (χ3v) is 4.33. The molecule has 1 saturated carbocycles. The van der Waals surface area contributed by atoms with Crippen molar-refractivity contribution in [2.45, 2.75) is 19.3 Å². The number of aromatic amines is 1. The summed E-state index contributed by atoms with van der Waals surface area (Å²) in [5.41, 5.74) is 2.04. The SMILES string of the molecule is COc1ccc(-c2[nH]ncc2C(=O)NCC2CCC2)cc1OC. The summed E-state index contributed by atoms with van der Waals surface area (Å²) in [7, 11) is 3.17. The fraction of sp³-hybridized carbons (Fsp3) is 0.412. The summed E-state index contributed by atoms with van der Waals surface area (Å²) in [5.74, 6) is 1.78. The zero-order valence-electron chi connectivity index (χ0n) is 13.4. The molecule has 6 nitrogen and oxygen atoms in total. The smallest absolute Gasteiger partial charge is 0.255 e. The van der Waals surface area contributed by atoms with Gasteiger partial charge in [-0.15, -0.1) is 0 Å². The first kappa shape index (κ1) is 15.4. The maximum atomic E-state index is 12.4. The van der Waals surface area contributed by atoms with Crippen LogP contribution in [0.2, 0.25) is 0 Å². The third-order valence-electron chi connectivity index (χ3n) is 4.33. The minimum absolute atomic E-state index is 0.101. The van der Waals surface area contributed by atoms with E-state index in [-0.39, 0.29) is 5.91 Å². The Morgan fingerprint density at radius 3 is 2.74 bits per heavy atom. The number of ether oxygens (including phenoxy) is 2. The number of hydrogen-bond acceptors (Lipinski definition) is 4. The monoisotopic (exact) mass is 315 g/mol. The zero-order valence-corrected chi connectivity index (χ0v) is 13.4. The molecule has 1 aliphatic rings. The van der Waals surface area contributed by atoms with Crippen LogP contribution >= 0.6 is 0 Å². The number of nitrogens with zero attached hydrogens (tertiary/aromatic N) is 1. The van der Waals surface area contributed by atoms with E-state index in [0.29, 0.717) is 28.7 Å². The molecule has 1 heterocycles. The van der Waals surface area contributed by atoms with Crippen molar-refractivity contribution in [3.63, 3.8) is 0 Å². The molecule has 0 atom stereocenters. The van der Waals surface area contributed by atoms with Crippen molar-refractivity contribution >= 4 is 5.91 Å². The van der Waals surface area contributed by atoms with Gasteiger partial charge in [0.05, 0.1) is 31.7 Å². The van der Waals surface area contributed by atoms with E-state index >= 15 is 0 Å². The molecule has 1 aromatic heterocycles. The zero-order chi connectivity index (χ0) is 16.2. The fourth-order valence-electron chi connectivity index (χ4n) is 2.70. The minimum Gasteiger partial charge on any atom is -0.493 e. The molecular formula is C17H21N3O3. The first-order chi connectivity index (χ1) is 11.2. The molecule has 1 amide bonds. The van der Waals surface area contributed by atoms with Crippen LogP contribution in [0, 0.1) is 5.92 Å². The molecule has 0 saturated heterocycles. The molecule has 122 valence electrons. The van der Waals surface area contributed by atoms with Crippen molar-refractivity contribution in [1.82, 2.24) is 15.5 Å². The van der Waals surface area contributed by atoms with E-state index in [2.05, 4.69) is 15.5 Å². The summed E-state index contributed by atoms with van der Waals surface area (Å²) >= 11 is 0. The van der Waals surface area contributed by atoms with Gasteiger partial charge in [-0.1, -0.05) is 6.42 Å². The molecule has 0 radical (unpaired) electrons. The summed E-state index contributed by atoms with van der Waals surface area (Å²) in [6.45, 7) is 0.732. The Morgan fingerprint density at radius 2 is 2.09 bits per heavy atom. The standard InChI is InChI=1S/C17H21N3O3/c1-22-14-7-6-12(8-15(14)23-2)16-13(10-19-20-16)17(21)18-9-11-4-3-5-11/h6-8,10-11H,3-5,9H2,1-2H3,(H,18,21)(H,19,20). The number of hydrogen-bond donors (Lipinski definition) is 2. The molecule has 0 bridgehead atoms. The van der Waals surface area contributed by atoms with Gasteiger partial charge in [0.25, 0.3) is 5.91 Å². The van der Waals surface area contributed by atoms with Crippen LogP contribution in [0.3, 0.4) is 0 Å². The first-order valence-electron chi connectivity index (χ1n) is 7.77. The highest BCUT2D eigenvalue weighted by molar-refractivity contribution is 5.99. The van der Waals surface area contributed by atoms with Crippen molar-refractivity contribution in [1.29, 1.82) is 0 Å². The Morgan fingerprint density at radius 1 is 1.30 bits per heavy atom. The van der Waals surface area contributed by atoms with Crippen molar-refractivity contribution in [3.8, 4) is 22.8 Å². The second-order valence-electron chi connectivity index (χ2n) is 5.74. The summed E-state index contributed by atoms with van der Waals surface area (Å²) < 4.78 is 10.6. The van der Waals surface area contributed by atoms with Gasteiger partial charge < -0.3 is 14.8 Å². The highest BCUT2D eigenvalue weighted by atomic mass is 16.5. The van der Waals surface area contributed by atoms with Gasteiger partial charge in [0.2, 0.25) is 0 Å². The van der Waals surface area contributed by atoms with E-state index in [1.54, 1.807) is 20.4 Å². The minimum atomic E-state index is -0.101. The largest absolute Gasteiger partial charge is 0.493 e. The molecule has 2 N–H and O–H groups in total. The van der Waals surface area contributed by atoms with Crippen LogP contribution in [0.5, 0.6) is 11.5 Å². The van der Waals surface area contributed by atoms with Gasteiger partial charge in [-0.2, -0.15) is 5.10 Å². The molecule has 23 heavy (non-hydrogen) atoms. The summed E-state index contributed by atoms with van der Waals surface area (Å²) in [6.07, 6.45) is 5.23. The fourth-order valence-corrected chi connectivity index (χ4v) is 2.70. The molecule has 1 aliphatic carbocycles. The van der Waals surface area contributed by atoms with E-state index in [1.807, 2.05) is 18.2 Å². The molecule has 1 fully saturated rings. The molecule has 2 aromatic rings. The van der Waals surface area contributed by atoms with Crippen molar-refractivity contribution in [2.24, 2.45) is 5.92 Å². The highest BCUT2D eigenvalue weighted by Gasteiger charge is 2.21. The third kappa shape index (κ3) is 3.16. The van der Waals surface area contributed by atoms with Crippen LogP contribution in [0.25, 0.3) is 11.3 Å². The van der Waals surface area contributed by atoms with Gasteiger partial charge in [0, 0.05) is 12.1 Å². The first-order valence-corrected chi connectivity index (χ1v) is 7.77. The summed E-state index contributed by atoms with van der Waals surface area (Å²) in [4.78, 5) is 12.4. The van der Waals surface area contributed by atoms with Crippen LogP contribution in [0.15, 0.2) is 24.4 Å². The van der Waals surface area contributed by atoms with Crippen LogP contribution in [0.4, 0.5) is 0 Å². The van der Waals surface area contributed by atoms with Gasteiger partial charge in [-0.25, -0.2) is 0 Å². The number of nitrogens with one attached hydrogen (secondary N) is 2.